The predicted molar refractivity (Wildman–Crippen MR) is 266 cm³/mol. The molecule has 0 bridgehead atoms. The van der Waals surface area contributed by atoms with Crippen molar-refractivity contribution in [1.29, 1.82) is 0 Å². The summed E-state index contributed by atoms with van der Waals surface area (Å²) in [5, 5.41) is 14.7. The minimum atomic E-state index is -1.11. The smallest absolute Gasteiger partial charge is 0.329 e. The molecule has 4 aromatic rings. The zero-order valence-corrected chi connectivity index (χ0v) is 41.0. The molecular formula is C55H72ClN5O6. The van der Waals surface area contributed by atoms with Gasteiger partial charge in [0.25, 0.3) is 0 Å². The third-order valence-electron chi connectivity index (χ3n) is 15.4. The Kier molecular flexibility index (Phi) is 16.0. The number of halogens is 1. The first kappa shape index (κ1) is 48.6. The molecule has 360 valence electrons. The number of carboxylic acid groups (broad SMARTS) is 1. The Morgan fingerprint density at radius 1 is 0.955 bits per heavy atom. The molecule has 1 aliphatic heterocycles. The van der Waals surface area contributed by atoms with Gasteiger partial charge in [0.2, 0.25) is 5.91 Å². The fourth-order valence-corrected chi connectivity index (χ4v) is 11.5. The van der Waals surface area contributed by atoms with Crippen molar-refractivity contribution in [3.8, 4) is 17.2 Å². The van der Waals surface area contributed by atoms with E-state index in [0.717, 1.165) is 106 Å². The van der Waals surface area contributed by atoms with Crippen LogP contribution in [0.15, 0.2) is 79.0 Å². The maximum Gasteiger partial charge on any atom is 0.329 e. The standard InChI is InChI=1S/C55H72ClN5O6/c1-39(38-67-50-18-24-57-49-14-5-9-40(2)52(49)50)33-43-35-42-16-17-47(37-48(42)54(43)20-22-55(23-21-54,53(63)64)58-45-12-7-11-44(56)36-45)65-31-8-15-51(62)60(4)25-19-41-10-6-13-46(34-41)66-32-30-61-28-26-59(3)27-29-61/h6-7,10-13,16-18,24,34,36-37,39-40,43,58H,5,8-9,14-15,19-23,25-33,35,38H2,1-4H3,(H,63,64)/t39-,40-,43?,54?,55?/m1/s1. The van der Waals surface area contributed by atoms with E-state index >= 15 is 0 Å². The van der Waals surface area contributed by atoms with Gasteiger partial charge < -0.3 is 34.4 Å². The first-order valence-corrected chi connectivity index (χ1v) is 25.3. The highest BCUT2D eigenvalue weighted by Gasteiger charge is 2.54. The van der Waals surface area contributed by atoms with Crippen LogP contribution in [0.3, 0.4) is 0 Å². The fourth-order valence-electron chi connectivity index (χ4n) is 11.3. The van der Waals surface area contributed by atoms with Gasteiger partial charge in [0.05, 0.1) is 13.2 Å². The lowest BCUT2D eigenvalue weighted by atomic mass is 9.59. The largest absolute Gasteiger partial charge is 0.494 e. The zero-order chi connectivity index (χ0) is 47.0. The Hall–Kier alpha value is -4.84. The second-order valence-corrected chi connectivity index (χ2v) is 20.6. The summed E-state index contributed by atoms with van der Waals surface area (Å²) in [6, 6.07) is 24.1. The van der Waals surface area contributed by atoms with Crippen LogP contribution in [0.4, 0.5) is 5.69 Å². The maximum atomic E-state index is 13.2. The van der Waals surface area contributed by atoms with Crippen LogP contribution >= 0.6 is 11.6 Å². The molecule has 3 aliphatic carbocycles. The molecule has 1 unspecified atom stereocenters. The number of benzene rings is 3. The Bertz CT molecular complexity index is 2310. The highest BCUT2D eigenvalue weighted by molar-refractivity contribution is 6.30. The summed E-state index contributed by atoms with van der Waals surface area (Å²) in [6.07, 6.45) is 11.3. The summed E-state index contributed by atoms with van der Waals surface area (Å²) >= 11 is 6.34. The summed E-state index contributed by atoms with van der Waals surface area (Å²) in [4.78, 5) is 37.7. The molecule has 8 rings (SSSR count). The molecule has 67 heavy (non-hydrogen) atoms. The molecule has 4 aliphatic rings. The number of pyridine rings is 1. The summed E-state index contributed by atoms with van der Waals surface area (Å²) in [5.74, 6) is 2.94. The molecule has 1 amide bonds. The lowest BCUT2D eigenvalue weighted by Crippen LogP contribution is -2.53. The van der Waals surface area contributed by atoms with Crippen molar-refractivity contribution >= 4 is 29.2 Å². The van der Waals surface area contributed by atoms with Crippen LogP contribution in [-0.2, 0) is 34.3 Å². The van der Waals surface area contributed by atoms with Crippen LogP contribution in [0.1, 0.15) is 106 Å². The molecule has 0 radical (unpaired) electrons. The average molecular weight is 935 g/mol. The maximum absolute atomic E-state index is 13.2. The van der Waals surface area contributed by atoms with E-state index < -0.39 is 11.5 Å². The monoisotopic (exact) mass is 934 g/mol. The second kappa shape index (κ2) is 22.1. The quantitative estimate of drug-likeness (QED) is 0.0831. The number of amides is 1. The number of fused-ring (bicyclic) bond motifs is 3. The minimum Gasteiger partial charge on any atom is -0.494 e. The first-order valence-electron chi connectivity index (χ1n) is 24.9. The van der Waals surface area contributed by atoms with E-state index in [1.165, 1.54) is 28.8 Å². The predicted octanol–water partition coefficient (Wildman–Crippen LogP) is 9.69. The molecule has 3 atom stereocenters. The highest BCUT2D eigenvalue weighted by atomic mass is 35.5. The SMILES string of the molecule is C[C@@H](COc1ccnc2c1[C@H](C)CCC2)CC1Cc2ccc(OCCCC(=O)N(C)CCc3cccc(OCCN4CCN(C)CC4)c3)cc2C12CCC(Nc1cccc(Cl)c1)(C(=O)O)CC2. The number of rotatable bonds is 20. The molecule has 11 nitrogen and oxygen atoms in total. The molecule has 2 heterocycles. The number of ether oxygens (including phenoxy) is 3. The Morgan fingerprint density at radius 2 is 1.73 bits per heavy atom. The van der Waals surface area contributed by atoms with Gasteiger partial charge in [-0.3, -0.25) is 14.7 Å². The van der Waals surface area contributed by atoms with E-state index in [0.29, 0.717) is 68.9 Å². The number of carbonyl (C=O) groups is 2. The molecular weight excluding hydrogens is 862 g/mol. The van der Waals surface area contributed by atoms with Crippen LogP contribution < -0.4 is 19.5 Å². The van der Waals surface area contributed by atoms with Gasteiger partial charge in [-0.05, 0) is 166 Å². The summed E-state index contributed by atoms with van der Waals surface area (Å²) in [5.41, 5.74) is 5.59. The van der Waals surface area contributed by atoms with Gasteiger partial charge in [0, 0.05) is 80.9 Å². The number of aromatic nitrogens is 1. The number of hydrogen-bond donors (Lipinski definition) is 2. The van der Waals surface area contributed by atoms with E-state index in [2.05, 4.69) is 66.3 Å². The fraction of sp³-hybridized carbons (Fsp3) is 0.545. The number of aryl methyl sites for hydroxylation is 1. The van der Waals surface area contributed by atoms with Crippen molar-refractivity contribution < 1.29 is 28.9 Å². The van der Waals surface area contributed by atoms with Crippen molar-refractivity contribution in [2.75, 3.05) is 78.5 Å². The number of nitrogens with one attached hydrogen (secondary N) is 1. The third-order valence-corrected chi connectivity index (χ3v) is 15.6. The van der Waals surface area contributed by atoms with E-state index in [4.69, 9.17) is 30.8 Å². The van der Waals surface area contributed by atoms with Crippen molar-refractivity contribution in [2.45, 2.75) is 108 Å². The van der Waals surface area contributed by atoms with Crippen LogP contribution in [0.2, 0.25) is 5.02 Å². The number of hydrogen-bond acceptors (Lipinski definition) is 9. The Labute approximate surface area is 403 Å². The van der Waals surface area contributed by atoms with Crippen LogP contribution in [-0.4, -0.2) is 115 Å². The lowest BCUT2D eigenvalue weighted by molar-refractivity contribution is -0.144. The topological polar surface area (TPSA) is 117 Å². The van der Waals surface area contributed by atoms with E-state index in [9.17, 15) is 14.7 Å². The first-order chi connectivity index (χ1) is 32.4. The number of anilines is 1. The van der Waals surface area contributed by atoms with Crippen molar-refractivity contribution in [2.24, 2.45) is 11.8 Å². The van der Waals surface area contributed by atoms with Gasteiger partial charge in [-0.2, -0.15) is 0 Å². The Balaban J connectivity index is 0.873. The van der Waals surface area contributed by atoms with E-state index in [1.807, 2.05) is 48.5 Å². The molecule has 3 aromatic carbocycles. The lowest BCUT2D eigenvalue weighted by Gasteiger charge is -2.47. The number of piperazine rings is 1. The molecule has 2 fully saturated rings. The van der Waals surface area contributed by atoms with Crippen LogP contribution in [0.5, 0.6) is 17.2 Å². The van der Waals surface area contributed by atoms with Crippen molar-refractivity contribution in [3.63, 3.8) is 0 Å². The number of nitrogens with zero attached hydrogens (tertiary/aromatic N) is 4. The second-order valence-electron chi connectivity index (χ2n) is 20.2. The summed E-state index contributed by atoms with van der Waals surface area (Å²) in [7, 11) is 4.05. The molecule has 12 heteroatoms. The van der Waals surface area contributed by atoms with Gasteiger partial charge in [0.1, 0.15) is 29.4 Å². The normalized spacial score (nSPS) is 23.2. The molecule has 1 saturated heterocycles. The molecule has 1 saturated carbocycles. The van der Waals surface area contributed by atoms with Gasteiger partial charge >= 0.3 is 5.97 Å². The Morgan fingerprint density at radius 3 is 2.52 bits per heavy atom. The highest BCUT2D eigenvalue weighted by Crippen LogP contribution is 2.57. The van der Waals surface area contributed by atoms with Crippen LogP contribution in [0.25, 0.3) is 0 Å². The zero-order valence-electron chi connectivity index (χ0n) is 40.2. The number of carboxylic acids is 1. The molecule has 1 aromatic heterocycles. The summed E-state index contributed by atoms with van der Waals surface area (Å²) in [6.45, 7) is 12.2. The number of carbonyl (C=O) groups excluding carboxylic acids is 1. The van der Waals surface area contributed by atoms with E-state index in [-0.39, 0.29) is 17.2 Å². The van der Waals surface area contributed by atoms with Crippen molar-refractivity contribution in [1.82, 2.24) is 19.7 Å². The van der Waals surface area contributed by atoms with Gasteiger partial charge in [-0.15, -0.1) is 0 Å². The van der Waals surface area contributed by atoms with Gasteiger partial charge in [-0.1, -0.05) is 49.7 Å². The minimum absolute atomic E-state index is 0.103. The van der Waals surface area contributed by atoms with Gasteiger partial charge in [0.15, 0.2) is 0 Å². The number of likely N-dealkylation sites (N-methyl/N-ethyl adjacent to an activating group) is 2. The van der Waals surface area contributed by atoms with Gasteiger partial charge in [-0.25, -0.2) is 4.79 Å². The van der Waals surface area contributed by atoms with E-state index in [1.54, 1.807) is 12.1 Å². The third kappa shape index (κ3) is 11.9. The molecule has 2 N–H and O–H groups in total. The van der Waals surface area contributed by atoms with Crippen molar-refractivity contribution in [3.05, 3.63) is 112 Å². The average Bonchev–Trinajstić information content (AvgIpc) is 3.61. The molecule has 1 spiro atoms. The summed E-state index contributed by atoms with van der Waals surface area (Å²) < 4.78 is 19.1. The number of aliphatic carboxylic acids is 1. The van der Waals surface area contributed by atoms with Crippen LogP contribution in [0, 0.1) is 11.8 Å².